The van der Waals surface area contributed by atoms with Crippen molar-refractivity contribution in [1.82, 2.24) is 4.98 Å². The second kappa shape index (κ2) is 4.27. The van der Waals surface area contributed by atoms with Crippen molar-refractivity contribution in [1.29, 1.82) is 0 Å². The lowest BCUT2D eigenvalue weighted by Crippen LogP contribution is -1.91. The molecule has 1 N–H and O–H groups in total. The minimum absolute atomic E-state index is 0.240. The van der Waals surface area contributed by atoms with E-state index in [2.05, 4.69) is 4.98 Å². The van der Waals surface area contributed by atoms with Gasteiger partial charge >= 0.3 is 0 Å². The highest BCUT2D eigenvalue weighted by Crippen LogP contribution is 2.27. The van der Waals surface area contributed by atoms with Crippen molar-refractivity contribution in [3.8, 4) is 11.3 Å². The van der Waals surface area contributed by atoms with Crippen LogP contribution in [0.5, 0.6) is 0 Å². The predicted molar refractivity (Wildman–Crippen MR) is 58.1 cm³/mol. The first-order chi connectivity index (χ1) is 7.58. The molecule has 0 radical (unpaired) electrons. The number of thiazole rings is 1. The first-order valence-electron chi connectivity index (χ1n) is 4.67. The van der Waals surface area contributed by atoms with E-state index in [4.69, 9.17) is 0 Å². The number of rotatable bonds is 2. The summed E-state index contributed by atoms with van der Waals surface area (Å²) < 4.78 is 26.1. The van der Waals surface area contributed by atoms with Gasteiger partial charge in [-0.2, -0.15) is 0 Å². The number of hydrogen-bond acceptors (Lipinski definition) is 3. The molecule has 0 saturated carbocycles. The lowest BCUT2D eigenvalue weighted by atomic mass is 10.1. The van der Waals surface area contributed by atoms with E-state index in [9.17, 15) is 13.9 Å². The molecule has 2 rings (SSSR count). The topological polar surface area (TPSA) is 33.1 Å². The van der Waals surface area contributed by atoms with Crippen LogP contribution in [0.2, 0.25) is 0 Å². The Balaban J connectivity index is 2.42. The molecular weight excluding hydrogens is 232 g/mol. The van der Waals surface area contributed by atoms with Gasteiger partial charge in [-0.25, -0.2) is 13.8 Å². The highest BCUT2D eigenvalue weighted by Gasteiger charge is 2.12. The molecule has 0 aliphatic carbocycles. The van der Waals surface area contributed by atoms with Gasteiger partial charge in [-0.15, -0.1) is 11.3 Å². The Hall–Kier alpha value is -1.33. The highest BCUT2D eigenvalue weighted by molar-refractivity contribution is 7.10. The van der Waals surface area contributed by atoms with E-state index in [-0.39, 0.29) is 5.56 Å². The molecule has 1 aromatic carbocycles. The maximum Gasteiger partial charge on any atom is 0.135 e. The molecule has 5 heteroatoms. The SMILES string of the molecule is CC(O)c1nc(-c2ccc(F)cc2F)cs1. The van der Waals surface area contributed by atoms with Gasteiger partial charge in [-0.05, 0) is 19.1 Å². The average Bonchev–Trinajstić information content (AvgIpc) is 2.66. The van der Waals surface area contributed by atoms with Crippen molar-refractivity contribution in [3.63, 3.8) is 0 Å². The molecule has 1 unspecified atom stereocenters. The largest absolute Gasteiger partial charge is 0.386 e. The molecule has 1 heterocycles. The Kier molecular flexibility index (Phi) is 2.98. The Bertz CT molecular complexity index is 510. The smallest absolute Gasteiger partial charge is 0.135 e. The summed E-state index contributed by atoms with van der Waals surface area (Å²) >= 11 is 1.24. The number of halogens is 2. The fourth-order valence-corrected chi connectivity index (χ4v) is 2.06. The molecule has 16 heavy (non-hydrogen) atoms. The monoisotopic (exact) mass is 241 g/mol. The van der Waals surface area contributed by atoms with E-state index in [0.29, 0.717) is 10.7 Å². The molecule has 1 atom stereocenters. The number of aromatic nitrogens is 1. The molecule has 0 aliphatic rings. The highest BCUT2D eigenvalue weighted by atomic mass is 32.1. The molecule has 1 aromatic heterocycles. The van der Waals surface area contributed by atoms with Crippen LogP contribution in [0.15, 0.2) is 23.6 Å². The van der Waals surface area contributed by atoms with Gasteiger partial charge in [0.15, 0.2) is 0 Å². The number of hydrogen-bond donors (Lipinski definition) is 1. The third kappa shape index (κ3) is 2.10. The maximum atomic E-state index is 13.4. The molecule has 0 saturated heterocycles. The van der Waals surface area contributed by atoms with E-state index in [1.165, 1.54) is 23.5 Å². The summed E-state index contributed by atoms with van der Waals surface area (Å²) in [6.45, 7) is 1.59. The van der Waals surface area contributed by atoms with Crippen LogP contribution in [0.4, 0.5) is 8.78 Å². The van der Waals surface area contributed by atoms with E-state index < -0.39 is 17.7 Å². The van der Waals surface area contributed by atoms with Crippen molar-refractivity contribution in [3.05, 3.63) is 40.2 Å². The van der Waals surface area contributed by atoms with Crippen molar-refractivity contribution in [2.24, 2.45) is 0 Å². The van der Waals surface area contributed by atoms with Crippen molar-refractivity contribution < 1.29 is 13.9 Å². The van der Waals surface area contributed by atoms with Crippen LogP contribution in [0.25, 0.3) is 11.3 Å². The standard InChI is InChI=1S/C11H9F2NOS/c1-6(15)11-14-10(5-16-11)8-3-2-7(12)4-9(8)13/h2-6,15H,1H3. The van der Waals surface area contributed by atoms with Crippen LogP contribution in [-0.2, 0) is 0 Å². The quantitative estimate of drug-likeness (QED) is 0.876. The fourth-order valence-electron chi connectivity index (χ4n) is 1.30. The fraction of sp³-hybridized carbons (Fsp3) is 0.182. The van der Waals surface area contributed by atoms with Gasteiger partial charge < -0.3 is 5.11 Å². The lowest BCUT2D eigenvalue weighted by molar-refractivity contribution is 0.199. The van der Waals surface area contributed by atoms with Crippen molar-refractivity contribution in [2.75, 3.05) is 0 Å². The minimum atomic E-state index is -0.678. The molecule has 0 aliphatic heterocycles. The Labute approximate surface area is 95.2 Å². The summed E-state index contributed by atoms with van der Waals surface area (Å²) in [6.07, 6.45) is -0.678. The zero-order chi connectivity index (χ0) is 11.7. The molecule has 2 nitrogen and oxygen atoms in total. The van der Waals surface area contributed by atoms with E-state index in [1.54, 1.807) is 12.3 Å². The van der Waals surface area contributed by atoms with Crippen molar-refractivity contribution in [2.45, 2.75) is 13.0 Å². The predicted octanol–water partition coefficient (Wildman–Crippen LogP) is 3.14. The molecule has 0 fully saturated rings. The number of benzene rings is 1. The molecule has 0 amide bonds. The number of nitrogens with zero attached hydrogens (tertiary/aromatic N) is 1. The second-order valence-corrected chi connectivity index (χ2v) is 4.26. The molecule has 0 bridgehead atoms. The van der Waals surface area contributed by atoms with E-state index in [0.717, 1.165) is 6.07 Å². The summed E-state index contributed by atoms with van der Waals surface area (Å²) in [4.78, 5) is 4.08. The van der Waals surface area contributed by atoms with E-state index >= 15 is 0 Å². The number of aliphatic hydroxyl groups excluding tert-OH is 1. The zero-order valence-corrected chi connectivity index (χ0v) is 9.26. The molecule has 2 aromatic rings. The van der Waals surface area contributed by atoms with Crippen LogP contribution in [0, 0.1) is 11.6 Å². The van der Waals surface area contributed by atoms with Crippen LogP contribution in [0.3, 0.4) is 0 Å². The van der Waals surface area contributed by atoms with Crippen LogP contribution >= 0.6 is 11.3 Å². The summed E-state index contributed by atoms with van der Waals surface area (Å²) in [5.41, 5.74) is 0.656. The first kappa shape index (κ1) is 11.2. The van der Waals surface area contributed by atoms with Crippen LogP contribution in [0.1, 0.15) is 18.0 Å². The second-order valence-electron chi connectivity index (χ2n) is 3.37. The summed E-state index contributed by atoms with van der Waals surface area (Å²) in [7, 11) is 0. The van der Waals surface area contributed by atoms with Gasteiger partial charge in [0, 0.05) is 17.0 Å². The van der Waals surface area contributed by atoms with Gasteiger partial charge in [0.2, 0.25) is 0 Å². The molecular formula is C11H9F2NOS. The number of aliphatic hydroxyl groups is 1. The summed E-state index contributed by atoms with van der Waals surface area (Å²) in [6, 6.07) is 3.34. The molecule has 0 spiro atoms. The third-order valence-corrected chi connectivity index (χ3v) is 3.10. The van der Waals surface area contributed by atoms with Crippen molar-refractivity contribution >= 4 is 11.3 Å². The zero-order valence-electron chi connectivity index (χ0n) is 8.45. The Morgan fingerprint density at radius 1 is 1.38 bits per heavy atom. The normalized spacial score (nSPS) is 12.8. The molecule has 84 valence electrons. The Morgan fingerprint density at radius 2 is 2.12 bits per heavy atom. The lowest BCUT2D eigenvalue weighted by Gasteiger charge is -1.99. The van der Waals surface area contributed by atoms with Crippen LogP contribution in [-0.4, -0.2) is 10.1 Å². The van der Waals surface area contributed by atoms with Gasteiger partial charge in [0.1, 0.15) is 22.7 Å². The van der Waals surface area contributed by atoms with Gasteiger partial charge in [0.05, 0.1) is 5.69 Å². The minimum Gasteiger partial charge on any atom is -0.386 e. The van der Waals surface area contributed by atoms with Gasteiger partial charge in [-0.3, -0.25) is 0 Å². The van der Waals surface area contributed by atoms with Crippen LogP contribution < -0.4 is 0 Å². The Morgan fingerprint density at radius 3 is 2.69 bits per heavy atom. The summed E-state index contributed by atoms with van der Waals surface area (Å²) in [5, 5.41) is 11.4. The summed E-state index contributed by atoms with van der Waals surface area (Å²) in [5.74, 6) is -1.27. The van der Waals surface area contributed by atoms with Gasteiger partial charge in [0.25, 0.3) is 0 Å². The van der Waals surface area contributed by atoms with Gasteiger partial charge in [-0.1, -0.05) is 0 Å². The maximum absolute atomic E-state index is 13.4. The first-order valence-corrected chi connectivity index (χ1v) is 5.55. The average molecular weight is 241 g/mol. The van der Waals surface area contributed by atoms with E-state index in [1.807, 2.05) is 0 Å². The third-order valence-electron chi connectivity index (χ3n) is 2.09.